The van der Waals surface area contributed by atoms with Gasteiger partial charge in [0.15, 0.2) is 0 Å². The highest BCUT2D eigenvalue weighted by Gasteiger charge is 2.42. The van der Waals surface area contributed by atoms with E-state index in [2.05, 4.69) is 5.32 Å². The summed E-state index contributed by atoms with van der Waals surface area (Å²) in [6.45, 7) is 1.66. The first kappa shape index (κ1) is 12.0. The van der Waals surface area contributed by atoms with Crippen molar-refractivity contribution in [1.82, 2.24) is 5.32 Å². The van der Waals surface area contributed by atoms with E-state index >= 15 is 0 Å². The number of rotatable bonds is 4. The fraction of sp³-hybridized carbons (Fsp3) is 0.462. The highest BCUT2D eigenvalue weighted by Crippen LogP contribution is 2.30. The lowest BCUT2D eigenvalue weighted by Crippen LogP contribution is -2.49. The standard InChI is InChI=1S/C13H16FNO2/c1-13(12(16)17-2,15-9-7-8-9)10-5-3-4-6-11(10)14/h3-6,9,15H,7-8H2,1-2H3. The lowest BCUT2D eigenvalue weighted by atomic mass is 9.91. The molecule has 1 N–H and O–H groups in total. The van der Waals surface area contributed by atoms with Gasteiger partial charge in [0.25, 0.3) is 0 Å². The summed E-state index contributed by atoms with van der Waals surface area (Å²) in [5, 5.41) is 3.16. The van der Waals surface area contributed by atoms with E-state index < -0.39 is 17.3 Å². The molecule has 4 heteroatoms. The number of carbonyl (C=O) groups is 1. The Kier molecular flexibility index (Phi) is 3.15. The van der Waals surface area contributed by atoms with Crippen LogP contribution in [0.25, 0.3) is 0 Å². The van der Waals surface area contributed by atoms with Gasteiger partial charge in [-0.25, -0.2) is 9.18 Å². The van der Waals surface area contributed by atoms with Crippen molar-refractivity contribution in [2.24, 2.45) is 0 Å². The smallest absolute Gasteiger partial charge is 0.330 e. The normalized spacial score (nSPS) is 18.5. The number of hydrogen-bond acceptors (Lipinski definition) is 3. The number of ether oxygens (including phenoxy) is 1. The predicted octanol–water partition coefficient (Wildman–Crippen LogP) is 1.97. The van der Waals surface area contributed by atoms with Crippen molar-refractivity contribution in [1.29, 1.82) is 0 Å². The lowest BCUT2D eigenvalue weighted by Gasteiger charge is -2.28. The molecule has 0 aromatic heterocycles. The van der Waals surface area contributed by atoms with E-state index in [-0.39, 0.29) is 6.04 Å². The van der Waals surface area contributed by atoms with Gasteiger partial charge in [0, 0.05) is 11.6 Å². The van der Waals surface area contributed by atoms with E-state index in [0.717, 1.165) is 12.8 Å². The summed E-state index contributed by atoms with van der Waals surface area (Å²) < 4.78 is 18.6. The van der Waals surface area contributed by atoms with Crippen LogP contribution in [0.1, 0.15) is 25.3 Å². The van der Waals surface area contributed by atoms with E-state index in [9.17, 15) is 9.18 Å². The number of halogens is 1. The molecule has 1 aliphatic rings. The Balaban J connectivity index is 2.38. The average Bonchev–Trinajstić information content (AvgIpc) is 3.12. The molecule has 1 aliphatic carbocycles. The zero-order valence-electron chi connectivity index (χ0n) is 10.00. The van der Waals surface area contributed by atoms with Crippen LogP contribution in [-0.2, 0) is 15.1 Å². The monoisotopic (exact) mass is 237 g/mol. The van der Waals surface area contributed by atoms with Gasteiger partial charge in [0.2, 0.25) is 0 Å². The SMILES string of the molecule is COC(=O)C(C)(NC1CC1)c1ccccc1F. The molecule has 0 saturated heterocycles. The quantitative estimate of drug-likeness (QED) is 0.814. The van der Waals surface area contributed by atoms with E-state index in [1.807, 2.05) is 0 Å². The Labute approximate surface area is 100.0 Å². The zero-order valence-corrected chi connectivity index (χ0v) is 10.00. The van der Waals surface area contributed by atoms with Crippen molar-refractivity contribution in [2.75, 3.05) is 7.11 Å². The van der Waals surface area contributed by atoms with E-state index in [4.69, 9.17) is 4.74 Å². The van der Waals surface area contributed by atoms with Gasteiger partial charge < -0.3 is 4.74 Å². The summed E-state index contributed by atoms with van der Waals surface area (Å²) in [4.78, 5) is 11.9. The molecule has 1 fully saturated rings. The van der Waals surface area contributed by atoms with Gasteiger partial charge in [-0.3, -0.25) is 5.32 Å². The van der Waals surface area contributed by atoms with Crippen molar-refractivity contribution in [3.63, 3.8) is 0 Å². The fourth-order valence-electron chi connectivity index (χ4n) is 1.95. The fourth-order valence-corrected chi connectivity index (χ4v) is 1.95. The maximum atomic E-state index is 13.8. The van der Waals surface area contributed by atoms with Crippen LogP contribution < -0.4 is 5.32 Å². The van der Waals surface area contributed by atoms with E-state index in [0.29, 0.717) is 5.56 Å². The minimum atomic E-state index is -1.11. The van der Waals surface area contributed by atoms with E-state index in [1.54, 1.807) is 25.1 Å². The third-order valence-corrected chi connectivity index (χ3v) is 3.08. The Morgan fingerprint density at radius 2 is 2.12 bits per heavy atom. The highest BCUT2D eigenvalue weighted by atomic mass is 19.1. The summed E-state index contributed by atoms with van der Waals surface area (Å²) in [6.07, 6.45) is 2.03. The van der Waals surface area contributed by atoms with Crippen LogP contribution >= 0.6 is 0 Å². The molecular weight excluding hydrogens is 221 g/mol. The molecule has 0 radical (unpaired) electrons. The average molecular weight is 237 g/mol. The molecule has 17 heavy (non-hydrogen) atoms. The van der Waals surface area contributed by atoms with Crippen LogP contribution in [0.3, 0.4) is 0 Å². The number of carbonyl (C=O) groups excluding carboxylic acids is 1. The van der Waals surface area contributed by atoms with Crippen LogP contribution in [-0.4, -0.2) is 19.1 Å². The summed E-state index contributed by atoms with van der Waals surface area (Å²) in [7, 11) is 1.32. The summed E-state index contributed by atoms with van der Waals surface area (Å²) in [5.74, 6) is -0.858. The number of benzene rings is 1. The molecular formula is C13H16FNO2. The molecule has 3 nitrogen and oxygen atoms in total. The topological polar surface area (TPSA) is 38.3 Å². The zero-order chi connectivity index (χ0) is 12.5. The molecule has 1 atom stereocenters. The van der Waals surface area contributed by atoms with Crippen molar-refractivity contribution in [3.8, 4) is 0 Å². The van der Waals surface area contributed by atoms with Crippen LogP contribution in [0.5, 0.6) is 0 Å². The van der Waals surface area contributed by atoms with Crippen molar-refractivity contribution < 1.29 is 13.9 Å². The lowest BCUT2D eigenvalue weighted by molar-refractivity contribution is -0.148. The predicted molar refractivity (Wildman–Crippen MR) is 61.9 cm³/mol. The molecule has 0 aliphatic heterocycles. The molecule has 92 valence electrons. The Morgan fingerprint density at radius 3 is 2.65 bits per heavy atom. The molecule has 1 saturated carbocycles. The molecule has 1 unspecified atom stereocenters. The van der Waals surface area contributed by atoms with Crippen LogP contribution in [0.2, 0.25) is 0 Å². The first-order chi connectivity index (χ1) is 8.08. The molecule has 1 aromatic carbocycles. The first-order valence-corrected chi connectivity index (χ1v) is 5.69. The third-order valence-electron chi connectivity index (χ3n) is 3.08. The van der Waals surface area contributed by atoms with Gasteiger partial charge >= 0.3 is 5.97 Å². The van der Waals surface area contributed by atoms with Gasteiger partial charge in [-0.15, -0.1) is 0 Å². The second-order valence-corrected chi connectivity index (χ2v) is 4.52. The number of hydrogen-bond donors (Lipinski definition) is 1. The van der Waals surface area contributed by atoms with Gasteiger partial charge in [-0.2, -0.15) is 0 Å². The maximum absolute atomic E-state index is 13.8. The molecule has 0 bridgehead atoms. The Bertz CT molecular complexity index is 431. The molecule has 0 amide bonds. The molecule has 0 heterocycles. The van der Waals surface area contributed by atoms with Crippen LogP contribution in [0, 0.1) is 5.82 Å². The van der Waals surface area contributed by atoms with Gasteiger partial charge in [0.1, 0.15) is 11.4 Å². The minimum absolute atomic E-state index is 0.277. The van der Waals surface area contributed by atoms with Crippen molar-refractivity contribution in [3.05, 3.63) is 35.6 Å². The minimum Gasteiger partial charge on any atom is -0.467 e. The molecule has 0 spiro atoms. The van der Waals surface area contributed by atoms with E-state index in [1.165, 1.54) is 13.2 Å². The second kappa shape index (κ2) is 4.45. The summed E-state index contributed by atoms with van der Waals surface area (Å²) in [5.41, 5.74) is -0.778. The second-order valence-electron chi connectivity index (χ2n) is 4.52. The largest absolute Gasteiger partial charge is 0.467 e. The molecule has 1 aromatic rings. The maximum Gasteiger partial charge on any atom is 0.330 e. The Hall–Kier alpha value is -1.42. The van der Waals surface area contributed by atoms with Crippen LogP contribution in [0.4, 0.5) is 4.39 Å². The highest BCUT2D eigenvalue weighted by molar-refractivity contribution is 5.82. The number of esters is 1. The first-order valence-electron chi connectivity index (χ1n) is 5.69. The van der Waals surface area contributed by atoms with Crippen molar-refractivity contribution >= 4 is 5.97 Å². The van der Waals surface area contributed by atoms with Gasteiger partial charge in [0.05, 0.1) is 7.11 Å². The van der Waals surface area contributed by atoms with Gasteiger partial charge in [-0.1, -0.05) is 18.2 Å². The molecule has 2 rings (SSSR count). The summed E-state index contributed by atoms with van der Waals surface area (Å²) in [6, 6.07) is 6.56. The number of nitrogens with one attached hydrogen (secondary N) is 1. The van der Waals surface area contributed by atoms with Gasteiger partial charge in [-0.05, 0) is 25.8 Å². The third kappa shape index (κ3) is 2.31. The summed E-state index contributed by atoms with van der Waals surface area (Å²) >= 11 is 0. The Morgan fingerprint density at radius 1 is 1.47 bits per heavy atom. The van der Waals surface area contributed by atoms with Crippen LogP contribution in [0.15, 0.2) is 24.3 Å². The van der Waals surface area contributed by atoms with Crippen molar-refractivity contribution in [2.45, 2.75) is 31.3 Å². The number of methoxy groups -OCH3 is 1.